The Hall–Kier alpha value is -1.00. The Bertz CT molecular complexity index is 445. The van der Waals surface area contributed by atoms with Crippen molar-refractivity contribution in [2.45, 2.75) is 20.3 Å². The predicted octanol–water partition coefficient (Wildman–Crippen LogP) is 3.12. The van der Waals surface area contributed by atoms with Crippen LogP contribution in [-0.4, -0.2) is 15.0 Å². The molecule has 0 N–H and O–H groups in total. The van der Waals surface area contributed by atoms with Crippen molar-refractivity contribution in [1.29, 1.82) is 0 Å². The van der Waals surface area contributed by atoms with Crippen molar-refractivity contribution in [2.24, 2.45) is 0 Å². The van der Waals surface area contributed by atoms with E-state index in [1.54, 1.807) is 5.51 Å². The maximum atomic E-state index is 6.08. The van der Waals surface area contributed by atoms with Crippen molar-refractivity contribution in [1.82, 2.24) is 15.0 Å². The molecule has 0 amide bonds. The molecule has 2 rings (SSSR count). The first-order valence-corrected chi connectivity index (χ1v) is 5.96. The second kappa shape index (κ2) is 4.24. The van der Waals surface area contributed by atoms with Crippen LogP contribution in [0.5, 0.6) is 0 Å². The van der Waals surface area contributed by atoms with Crippen LogP contribution in [0.15, 0.2) is 10.9 Å². The van der Waals surface area contributed by atoms with Gasteiger partial charge in [0.1, 0.15) is 10.8 Å². The number of rotatable bonds is 2. The fourth-order valence-electron chi connectivity index (χ4n) is 1.40. The number of aromatic nitrogens is 3. The van der Waals surface area contributed by atoms with Crippen LogP contribution >= 0.6 is 22.9 Å². The third kappa shape index (κ3) is 2.01. The van der Waals surface area contributed by atoms with E-state index in [0.717, 1.165) is 23.4 Å². The Balaban J connectivity index is 2.53. The summed E-state index contributed by atoms with van der Waals surface area (Å²) < 4.78 is 0. The van der Waals surface area contributed by atoms with Crippen LogP contribution in [0.2, 0.25) is 5.15 Å². The molecule has 0 saturated carbocycles. The first-order chi connectivity index (χ1) is 7.22. The average molecular weight is 240 g/mol. The maximum absolute atomic E-state index is 6.08. The molecule has 0 saturated heterocycles. The van der Waals surface area contributed by atoms with Gasteiger partial charge in [-0.2, -0.15) is 0 Å². The van der Waals surface area contributed by atoms with Crippen LogP contribution in [0.25, 0.3) is 11.5 Å². The van der Waals surface area contributed by atoms with Crippen LogP contribution in [0.4, 0.5) is 0 Å². The lowest BCUT2D eigenvalue weighted by Gasteiger charge is -2.05. The smallest absolute Gasteiger partial charge is 0.180 e. The van der Waals surface area contributed by atoms with E-state index in [-0.39, 0.29) is 0 Å². The standard InChI is InChI=1S/C10H10ClN3S/c1-3-7-6(2)13-10(14-9(7)11)8-4-15-5-12-8/h4-5H,3H2,1-2H3. The minimum Gasteiger partial charge on any atom is -0.241 e. The van der Waals surface area contributed by atoms with Gasteiger partial charge in [0, 0.05) is 16.6 Å². The Morgan fingerprint density at radius 2 is 2.20 bits per heavy atom. The van der Waals surface area contributed by atoms with Crippen LogP contribution in [0, 0.1) is 6.92 Å². The topological polar surface area (TPSA) is 38.7 Å². The first-order valence-electron chi connectivity index (χ1n) is 4.64. The summed E-state index contributed by atoms with van der Waals surface area (Å²) in [5.74, 6) is 0.607. The summed E-state index contributed by atoms with van der Waals surface area (Å²) >= 11 is 7.60. The van der Waals surface area contributed by atoms with Gasteiger partial charge in [-0.1, -0.05) is 18.5 Å². The zero-order chi connectivity index (χ0) is 10.8. The summed E-state index contributed by atoms with van der Waals surface area (Å²) in [6, 6.07) is 0. The van der Waals surface area contributed by atoms with E-state index in [0.29, 0.717) is 11.0 Å². The number of hydrogen-bond acceptors (Lipinski definition) is 4. The lowest BCUT2D eigenvalue weighted by molar-refractivity contribution is 0.997. The second-order valence-corrected chi connectivity index (χ2v) is 4.21. The van der Waals surface area contributed by atoms with E-state index in [4.69, 9.17) is 11.6 Å². The van der Waals surface area contributed by atoms with Crippen LogP contribution < -0.4 is 0 Å². The lowest BCUT2D eigenvalue weighted by Crippen LogP contribution is -1.99. The minimum absolute atomic E-state index is 0.535. The molecule has 0 unspecified atom stereocenters. The van der Waals surface area contributed by atoms with Crippen molar-refractivity contribution in [3.05, 3.63) is 27.3 Å². The van der Waals surface area contributed by atoms with E-state index in [2.05, 4.69) is 15.0 Å². The summed E-state index contributed by atoms with van der Waals surface area (Å²) in [6.45, 7) is 3.99. The fourth-order valence-corrected chi connectivity index (χ4v) is 2.28. The van der Waals surface area contributed by atoms with Gasteiger partial charge in [-0.15, -0.1) is 11.3 Å². The van der Waals surface area contributed by atoms with E-state index < -0.39 is 0 Å². The molecule has 0 aromatic carbocycles. The van der Waals surface area contributed by atoms with Gasteiger partial charge in [-0.25, -0.2) is 15.0 Å². The van der Waals surface area contributed by atoms with Gasteiger partial charge in [0.25, 0.3) is 0 Å². The van der Waals surface area contributed by atoms with Crippen molar-refractivity contribution >= 4 is 22.9 Å². The molecule has 3 nitrogen and oxygen atoms in total. The summed E-state index contributed by atoms with van der Waals surface area (Å²) in [5.41, 5.74) is 4.49. The van der Waals surface area contributed by atoms with Gasteiger partial charge in [-0.3, -0.25) is 0 Å². The zero-order valence-corrected chi connectivity index (χ0v) is 10.1. The molecule has 0 bridgehead atoms. The van der Waals surface area contributed by atoms with Crippen molar-refractivity contribution in [2.75, 3.05) is 0 Å². The highest BCUT2D eigenvalue weighted by molar-refractivity contribution is 7.07. The van der Waals surface area contributed by atoms with Crippen molar-refractivity contribution < 1.29 is 0 Å². The zero-order valence-electron chi connectivity index (χ0n) is 8.49. The lowest BCUT2D eigenvalue weighted by atomic mass is 10.2. The molecule has 0 aliphatic carbocycles. The van der Waals surface area contributed by atoms with Crippen molar-refractivity contribution in [3.8, 4) is 11.5 Å². The summed E-state index contributed by atoms with van der Waals surface area (Å²) in [5, 5.41) is 2.45. The molecule has 2 aromatic heterocycles. The Kier molecular flexibility index (Phi) is 2.98. The highest BCUT2D eigenvalue weighted by Gasteiger charge is 2.10. The summed E-state index contributed by atoms with van der Waals surface area (Å²) in [7, 11) is 0. The molecule has 2 heterocycles. The Morgan fingerprint density at radius 1 is 1.40 bits per heavy atom. The van der Waals surface area contributed by atoms with Gasteiger partial charge < -0.3 is 0 Å². The summed E-state index contributed by atoms with van der Waals surface area (Å²) in [4.78, 5) is 12.8. The predicted molar refractivity (Wildman–Crippen MR) is 62.3 cm³/mol. The van der Waals surface area contributed by atoms with E-state index in [9.17, 15) is 0 Å². The third-order valence-corrected chi connectivity index (χ3v) is 3.08. The van der Waals surface area contributed by atoms with Gasteiger partial charge in [0.05, 0.1) is 5.51 Å². The molecule has 5 heteroatoms. The van der Waals surface area contributed by atoms with Crippen LogP contribution in [0.1, 0.15) is 18.2 Å². The molecule has 15 heavy (non-hydrogen) atoms. The largest absolute Gasteiger partial charge is 0.241 e. The molecular weight excluding hydrogens is 230 g/mol. The Labute approximate surface area is 97.2 Å². The molecule has 78 valence electrons. The molecule has 0 atom stereocenters. The molecule has 0 aliphatic rings. The number of aryl methyl sites for hydroxylation is 1. The van der Waals surface area contributed by atoms with Gasteiger partial charge in [0.2, 0.25) is 0 Å². The minimum atomic E-state index is 0.535. The van der Waals surface area contributed by atoms with Crippen molar-refractivity contribution in [3.63, 3.8) is 0 Å². The molecular formula is C10H10ClN3S. The van der Waals surface area contributed by atoms with E-state index >= 15 is 0 Å². The van der Waals surface area contributed by atoms with Crippen LogP contribution in [-0.2, 0) is 6.42 Å². The SMILES string of the molecule is CCc1c(C)nc(-c2cscn2)nc1Cl. The van der Waals surface area contributed by atoms with E-state index in [1.165, 1.54) is 11.3 Å². The van der Waals surface area contributed by atoms with E-state index in [1.807, 2.05) is 19.2 Å². The summed E-state index contributed by atoms with van der Waals surface area (Å²) in [6.07, 6.45) is 0.849. The first kappa shape index (κ1) is 10.5. The monoisotopic (exact) mass is 239 g/mol. The fraction of sp³-hybridized carbons (Fsp3) is 0.300. The molecule has 0 radical (unpaired) electrons. The quantitative estimate of drug-likeness (QED) is 0.756. The third-order valence-electron chi connectivity index (χ3n) is 2.18. The number of thiazole rings is 1. The van der Waals surface area contributed by atoms with Gasteiger partial charge >= 0.3 is 0 Å². The van der Waals surface area contributed by atoms with Crippen LogP contribution in [0.3, 0.4) is 0 Å². The molecule has 0 aliphatic heterocycles. The normalized spacial score (nSPS) is 10.6. The molecule has 0 fully saturated rings. The molecule has 0 spiro atoms. The average Bonchev–Trinajstić information content (AvgIpc) is 2.69. The second-order valence-electron chi connectivity index (χ2n) is 3.13. The Morgan fingerprint density at radius 3 is 2.73 bits per heavy atom. The maximum Gasteiger partial charge on any atom is 0.180 e. The number of halogens is 1. The van der Waals surface area contributed by atoms with Gasteiger partial charge in [0.15, 0.2) is 5.82 Å². The van der Waals surface area contributed by atoms with Gasteiger partial charge in [-0.05, 0) is 13.3 Å². The number of nitrogens with zero attached hydrogens (tertiary/aromatic N) is 3. The number of hydrogen-bond donors (Lipinski definition) is 0. The highest BCUT2D eigenvalue weighted by atomic mass is 35.5. The highest BCUT2D eigenvalue weighted by Crippen LogP contribution is 2.22. The molecule has 2 aromatic rings.